The van der Waals surface area contributed by atoms with Gasteiger partial charge in [-0.15, -0.1) is 0 Å². The van der Waals surface area contributed by atoms with E-state index in [9.17, 15) is 5.26 Å². The second kappa shape index (κ2) is 7.64. The Labute approximate surface area is 208 Å². The normalized spacial score (nSPS) is 16.6. The van der Waals surface area contributed by atoms with Crippen molar-refractivity contribution < 1.29 is 0 Å². The molecule has 2 saturated heterocycles. The number of nitriles is 1. The fourth-order valence-electron chi connectivity index (χ4n) is 6.00. The van der Waals surface area contributed by atoms with E-state index in [0.717, 1.165) is 88.2 Å². The Morgan fingerprint density at radius 3 is 2.69 bits per heavy atom. The van der Waals surface area contributed by atoms with Gasteiger partial charge in [0.05, 0.1) is 22.9 Å². The Hall–Kier alpha value is -4.22. The minimum atomic E-state index is 0.292. The molecular weight excluding hydrogens is 448 g/mol. The third-order valence-electron chi connectivity index (χ3n) is 8.02. The van der Waals surface area contributed by atoms with Gasteiger partial charge in [-0.25, -0.2) is 4.98 Å². The highest BCUT2D eigenvalue weighted by molar-refractivity contribution is 6.08. The van der Waals surface area contributed by atoms with E-state index < -0.39 is 0 Å². The van der Waals surface area contributed by atoms with E-state index >= 15 is 0 Å². The van der Waals surface area contributed by atoms with Crippen LogP contribution < -0.4 is 10.2 Å². The summed E-state index contributed by atoms with van der Waals surface area (Å²) in [4.78, 5) is 7.49. The van der Waals surface area contributed by atoms with Crippen LogP contribution in [0.1, 0.15) is 17.5 Å². The lowest BCUT2D eigenvalue weighted by Crippen LogP contribution is -2.54. The molecule has 178 valence electrons. The molecule has 2 fully saturated rings. The summed E-state index contributed by atoms with van der Waals surface area (Å²) >= 11 is 0. The first-order valence-corrected chi connectivity index (χ1v) is 12.3. The highest BCUT2D eigenvalue weighted by atomic mass is 15.3. The van der Waals surface area contributed by atoms with Crippen molar-refractivity contribution in [1.82, 2.24) is 30.3 Å². The highest BCUT2D eigenvalue weighted by Crippen LogP contribution is 2.44. The maximum absolute atomic E-state index is 10.6. The second-order valence-corrected chi connectivity index (χ2v) is 10.2. The number of aromatic amines is 1. The van der Waals surface area contributed by atoms with Crippen LogP contribution in [0.25, 0.3) is 44.2 Å². The first-order valence-electron chi connectivity index (χ1n) is 12.3. The maximum atomic E-state index is 10.6. The van der Waals surface area contributed by atoms with Crippen molar-refractivity contribution in [3.8, 4) is 28.5 Å². The van der Waals surface area contributed by atoms with Gasteiger partial charge in [-0.1, -0.05) is 18.2 Å². The van der Waals surface area contributed by atoms with Crippen LogP contribution in [0, 0.1) is 23.7 Å². The third-order valence-corrected chi connectivity index (χ3v) is 8.02. The molecule has 3 aromatic heterocycles. The molecule has 8 heteroatoms. The van der Waals surface area contributed by atoms with Crippen molar-refractivity contribution in [2.45, 2.75) is 13.3 Å². The summed E-state index contributed by atoms with van der Waals surface area (Å²) in [7, 11) is 1.95. The maximum Gasteiger partial charge on any atom is 0.147 e. The number of benzene rings is 2. The fraction of sp³-hybridized carbons (Fsp3) is 0.286. The van der Waals surface area contributed by atoms with E-state index in [1.807, 2.05) is 36.3 Å². The van der Waals surface area contributed by atoms with E-state index in [1.165, 1.54) is 0 Å². The van der Waals surface area contributed by atoms with Crippen LogP contribution in [0.3, 0.4) is 0 Å². The molecule has 0 saturated carbocycles. The lowest BCUT2D eigenvalue weighted by Gasteiger charge is -2.39. The monoisotopic (exact) mass is 474 g/mol. The largest absolute Gasteiger partial charge is 0.355 e. The number of H-pyrrole nitrogens is 1. The van der Waals surface area contributed by atoms with Gasteiger partial charge >= 0.3 is 0 Å². The zero-order chi connectivity index (χ0) is 24.4. The van der Waals surface area contributed by atoms with Gasteiger partial charge in [0, 0.05) is 66.7 Å². The Kier molecular flexibility index (Phi) is 4.48. The number of pyridine rings is 1. The average molecular weight is 475 g/mol. The van der Waals surface area contributed by atoms with E-state index in [4.69, 9.17) is 4.98 Å². The van der Waals surface area contributed by atoms with Gasteiger partial charge in [0.2, 0.25) is 0 Å². The topological polar surface area (TPSA) is 98.4 Å². The lowest BCUT2D eigenvalue weighted by molar-refractivity contribution is 0.199. The summed E-state index contributed by atoms with van der Waals surface area (Å²) in [6, 6.07) is 15.0. The molecule has 2 aliphatic heterocycles. The molecule has 2 aromatic carbocycles. The molecule has 0 atom stereocenters. The lowest BCUT2D eigenvalue weighted by atomic mass is 9.81. The summed E-state index contributed by atoms with van der Waals surface area (Å²) < 4.78 is 1.87. The summed E-state index contributed by atoms with van der Waals surface area (Å²) in [5.74, 6) is 0.783. The van der Waals surface area contributed by atoms with E-state index in [-0.39, 0.29) is 0 Å². The van der Waals surface area contributed by atoms with Gasteiger partial charge in [-0.05, 0) is 42.7 Å². The van der Waals surface area contributed by atoms with Crippen molar-refractivity contribution in [2.24, 2.45) is 12.5 Å². The standard InChI is InChI=1S/C28H26N8/c1-17-3-6-22-21(13-31-34-22)25(17)26-19-5-4-18(24-7-9-32-35(24)2)11-23(19)33-27(20(26)12-29)36-10-8-28(16-36)14-30-15-28/h3-7,9,11,13,30H,8,10,14-16H2,1-2H3,(H,31,34). The van der Waals surface area contributed by atoms with Crippen LogP contribution in [0.15, 0.2) is 48.8 Å². The Bertz CT molecular complexity index is 1700. The van der Waals surface area contributed by atoms with E-state index in [1.54, 1.807) is 0 Å². The van der Waals surface area contributed by atoms with Gasteiger partial charge < -0.3 is 10.2 Å². The zero-order valence-corrected chi connectivity index (χ0v) is 20.3. The third kappa shape index (κ3) is 2.99. The van der Waals surface area contributed by atoms with Crippen LogP contribution in [0.2, 0.25) is 0 Å². The van der Waals surface area contributed by atoms with Crippen LogP contribution in [-0.2, 0) is 7.05 Å². The summed E-state index contributed by atoms with van der Waals surface area (Å²) in [5.41, 5.74) is 7.93. The Morgan fingerprint density at radius 1 is 1.08 bits per heavy atom. The quantitative estimate of drug-likeness (QED) is 0.408. The molecular formula is C28H26N8. The molecule has 0 radical (unpaired) electrons. The summed E-state index contributed by atoms with van der Waals surface area (Å²) in [6.45, 7) is 5.99. The first kappa shape index (κ1) is 21.1. The van der Waals surface area contributed by atoms with E-state index in [2.05, 4.69) is 62.8 Å². The number of aromatic nitrogens is 5. The fourth-order valence-corrected chi connectivity index (χ4v) is 6.00. The number of nitrogens with zero attached hydrogens (tertiary/aromatic N) is 6. The van der Waals surface area contributed by atoms with Crippen LogP contribution >= 0.6 is 0 Å². The predicted molar refractivity (Wildman–Crippen MR) is 141 cm³/mol. The molecule has 36 heavy (non-hydrogen) atoms. The summed E-state index contributed by atoms with van der Waals surface area (Å²) in [6.07, 6.45) is 4.78. The molecule has 8 nitrogen and oxygen atoms in total. The van der Waals surface area contributed by atoms with Gasteiger partial charge in [0.25, 0.3) is 0 Å². The van der Waals surface area contributed by atoms with Crippen LogP contribution in [-0.4, -0.2) is 51.1 Å². The van der Waals surface area contributed by atoms with Crippen molar-refractivity contribution in [3.63, 3.8) is 0 Å². The van der Waals surface area contributed by atoms with Crippen molar-refractivity contribution in [3.05, 3.63) is 59.9 Å². The van der Waals surface area contributed by atoms with Gasteiger partial charge in [-0.2, -0.15) is 15.5 Å². The SMILES string of the molecule is Cc1ccc2[nH]ncc2c1-c1c(C#N)c(N2CCC3(CNC3)C2)nc2cc(-c3ccnn3C)ccc12. The Morgan fingerprint density at radius 2 is 1.97 bits per heavy atom. The van der Waals surface area contributed by atoms with Crippen molar-refractivity contribution in [1.29, 1.82) is 5.26 Å². The number of aryl methyl sites for hydroxylation is 2. The molecule has 0 amide bonds. The molecule has 0 bridgehead atoms. The molecule has 0 aliphatic carbocycles. The molecule has 5 heterocycles. The number of hydrogen-bond donors (Lipinski definition) is 2. The Balaban J connectivity index is 1.53. The smallest absolute Gasteiger partial charge is 0.147 e. The van der Waals surface area contributed by atoms with Crippen molar-refractivity contribution in [2.75, 3.05) is 31.1 Å². The molecule has 5 aromatic rings. The van der Waals surface area contributed by atoms with Gasteiger partial charge in [0.15, 0.2) is 0 Å². The number of fused-ring (bicyclic) bond motifs is 2. The highest BCUT2D eigenvalue weighted by Gasteiger charge is 2.44. The van der Waals surface area contributed by atoms with Gasteiger partial charge in [0.1, 0.15) is 17.5 Å². The van der Waals surface area contributed by atoms with E-state index in [0.29, 0.717) is 11.0 Å². The van der Waals surface area contributed by atoms with Crippen LogP contribution in [0.5, 0.6) is 0 Å². The molecule has 7 rings (SSSR count). The number of rotatable bonds is 3. The number of hydrogen-bond acceptors (Lipinski definition) is 6. The number of nitrogens with one attached hydrogen (secondary N) is 2. The molecule has 1 spiro atoms. The molecule has 2 aliphatic rings. The van der Waals surface area contributed by atoms with Crippen LogP contribution in [0.4, 0.5) is 5.82 Å². The van der Waals surface area contributed by atoms with Gasteiger partial charge in [-0.3, -0.25) is 9.78 Å². The minimum Gasteiger partial charge on any atom is -0.355 e. The average Bonchev–Trinajstić information content (AvgIpc) is 3.62. The second-order valence-electron chi connectivity index (χ2n) is 10.2. The minimum absolute atomic E-state index is 0.292. The van der Waals surface area contributed by atoms with Crippen molar-refractivity contribution >= 4 is 27.6 Å². The predicted octanol–water partition coefficient (Wildman–Crippen LogP) is 4.16. The summed E-state index contributed by atoms with van der Waals surface area (Å²) in [5, 5.41) is 27.7. The number of anilines is 1. The zero-order valence-electron chi connectivity index (χ0n) is 20.3. The molecule has 0 unspecified atom stereocenters. The molecule has 2 N–H and O–H groups in total. The first-order chi connectivity index (χ1) is 17.6.